The van der Waals surface area contributed by atoms with Crippen molar-refractivity contribution < 1.29 is 17.9 Å². The molecular formula is C13H14N2O4S. The Bertz CT molecular complexity index is 756. The second-order valence-corrected chi connectivity index (χ2v) is 5.94. The molecule has 0 aromatic heterocycles. The van der Waals surface area contributed by atoms with Gasteiger partial charge in [-0.2, -0.15) is 0 Å². The second kappa shape index (κ2) is 5.38. The number of sulfonamides is 1. The molecule has 7 heteroatoms. The van der Waals surface area contributed by atoms with Gasteiger partial charge in [0.05, 0.1) is 19.1 Å². The summed E-state index contributed by atoms with van der Waals surface area (Å²) in [5.41, 5.74) is 0.502. The number of hydrogen-bond donors (Lipinski definition) is 2. The van der Waals surface area contributed by atoms with Crippen molar-refractivity contribution in [1.29, 1.82) is 0 Å². The van der Waals surface area contributed by atoms with E-state index in [2.05, 4.69) is 5.32 Å². The number of carbonyl (C=O) groups excluding carboxylic acids is 1. The maximum Gasteiger partial charge on any atom is 0.332 e. The molecule has 2 rings (SSSR count). The molecule has 0 saturated heterocycles. The highest BCUT2D eigenvalue weighted by Gasteiger charge is 2.11. The van der Waals surface area contributed by atoms with Crippen LogP contribution < -0.4 is 14.8 Å². The van der Waals surface area contributed by atoms with Gasteiger partial charge in [0.1, 0.15) is 5.75 Å². The Kier molecular flexibility index (Phi) is 3.80. The van der Waals surface area contributed by atoms with Crippen molar-refractivity contribution in [1.82, 2.24) is 4.72 Å². The lowest BCUT2D eigenvalue weighted by molar-refractivity contribution is 0.256. The minimum absolute atomic E-state index is 0.502. The molecule has 6 nitrogen and oxygen atoms in total. The minimum atomic E-state index is -3.60. The van der Waals surface area contributed by atoms with E-state index < -0.39 is 16.1 Å². The van der Waals surface area contributed by atoms with E-state index in [0.717, 1.165) is 17.0 Å². The lowest BCUT2D eigenvalue weighted by Crippen LogP contribution is -2.33. The summed E-state index contributed by atoms with van der Waals surface area (Å²) in [7, 11) is -2.04. The predicted molar refractivity (Wildman–Crippen MR) is 77.5 cm³/mol. The Labute approximate surface area is 116 Å². The van der Waals surface area contributed by atoms with E-state index in [-0.39, 0.29) is 0 Å². The molecule has 0 saturated carbocycles. The topological polar surface area (TPSA) is 84.5 Å². The third-order valence-corrected chi connectivity index (χ3v) is 3.19. The first-order chi connectivity index (χ1) is 9.40. The monoisotopic (exact) mass is 294 g/mol. The number of amides is 2. The molecule has 0 unspecified atom stereocenters. The fraction of sp³-hybridized carbons (Fsp3) is 0.154. The minimum Gasteiger partial charge on any atom is -0.496 e. The number of fused-ring (bicyclic) bond motifs is 1. The van der Waals surface area contributed by atoms with Crippen LogP contribution in [-0.4, -0.2) is 27.8 Å². The molecule has 0 fully saturated rings. The zero-order chi connectivity index (χ0) is 14.8. The Hall–Kier alpha value is -2.28. The number of urea groups is 1. The average molecular weight is 294 g/mol. The van der Waals surface area contributed by atoms with Gasteiger partial charge in [-0.25, -0.2) is 17.9 Å². The zero-order valence-corrected chi connectivity index (χ0v) is 11.8. The number of anilines is 1. The van der Waals surface area contributed by atoms with E-state index >= 15 is 0 Å². The van der Waals surface area contributed by atoms with Gasteiger partial charge in [0.25, 0.3) is 0 Å². The van der Waals surface area contributed by atoms with E-state index in [9.17, 15) is 13.2 Å². The molecule has 2 aromatic rings. The molecule has 0 bridgehead atoms. The smallest absolute Gasteiger partial charge is 0.332 e. The van der Waals surface area contributed by atoms with Gasteiger partial charge < -0.3 is 10.1 Å². The summed E-state index contributed by atoms with van der Waals surface area (Å²) in [4.78, 5) is 11.6. The fourth-order valence-electron chi connectivity index (χ4n) is 1.87. The number of ether oxygens (including phenoxy) is 1. The van der Waals surface area contributed by atoms with Gasteiger partial charge in [-0.1, -0.05) is 24.3 Å². The van der Waals surface area contributed by atoms with Crippen molar-refractivity contribution in [2.24, 2.45) is 0 Å². The van der Waals surface area contributed by atoms with E-state index in [4.69, 9.17) is 4.74 Å². The van der Waals surface area contributed by atoms with Gasteiger partial charge in [0.15, 0.2) is 0 Å². The van der Waals surface area contributed by atoms with Gasteiger partial charge in [-0.15, -0.1) is 0 Å². The highest BCUT2D eigenvalue weighted by molar-refractivity contribution is 7.89. The van der Waals surface area contributed by atoms with Crippen LogP contribution in [0, 0.1) is 0 Å². The van der Waals surface area contributed by atoms with E-state index in [0.29, 0.717) is 11.4 Å². The molecule has 0 radical (unpaired) electrons. The Morgan fingerprint density at radius 1 is 1.10 bits per heavy atom. The van der Waals surface area contributed by atoms with Gasteiger partial charge in [0, 0.05) is 10.8 Å². The van der Waals surface area contributed by atoms with Crippen molar-refractivity contribution in [3.05, 3.63) is 36.4 Å². The molecule has 0 atom stereocenters. The fourth-order valence-corrected chi connectivity index (χ4v) is 2.26. The van der Waals surface area contributed by atoms with Crippen LogP contribution >= 0.6 is 0 Å². The van der Waals surface area contributed by atoms with Gasteiger partial charge in [0.2, 0.25) is 10.0 Å². The molecule has 106 valence electrons. The Morgan fingerprint density at radius 2 is 1.75 bits per heavy atom. The van der Waals surface area contributed by atoms with Crippen LogP contribution in [0.15, 0.2) is 36.4 Å². The molecule has 2 amide bonds. The average Bonchev–Trinajstić information content (AvgIpc) is 2.37. The molecule has 0 aliphatic rings. The van der Waals surface area contributed by atoms with Gasteiger partial charge in [-0.05, 0) is 12.1 Å². The Morgan fingerprint density at radius 3 is 2.35 bits per heavy atom. The van der Waals surface area contributed by atoms with Crippen LogP contribution in [0.3, 0.4) is 0 Å². The third-order valence-electron chi connectivity index (χ3n) is 2.63. The van der Waals surface area contributed by atoms with E-state index in [1.165, 1.54) is 0 Å². The zero-order valence-electron chi connectivity index (χ0n) is 11.0. The summed E-state index contributed by atoms with van der Waals surface area (Å²) in [5.74, 6) is 0.676. The maximum absolute atomic E-state index is 11.6. The molecule has 0 aliphatic carbocycles. The highest BCUT2D eigenvalue weighted by atomic mass is 32.2. The molecule has 0 aliphatic heterocycles. The number of benzene rings is 2. The molecule has 2 aromatic carbocycles. The lowest BCUT2D eigenvalue weighted by atomic mass is 10.1. The van der Waals surface area contributed by atoms with Crippen LogP contribution in [0.2, 0.25) is 0 Å². The van der Waals surface area contributed by atoms with Crippen LogP contribution in [0.1, 0.15) is 0 Å². The molecule has 0 spiro atoms. The first-order valence-corrected chi connectivity index (χ1v) is 7.64. The van der Waals surface area contributed by atoms with Crippen molar-refractivity contribution >= 4 is 32.5 Å². The number of nitrogens with one attached hydrogen (secondary N) is 2. The van der Waals surface area contributed by atoms with Crippen molar-refractivity contribution in [2.75, 3.05) is 18.7 Å². The number of rotatable bonds is 3. The summed E-state index contributed by atoms with van der Waals surface area (Å²) in [6, 6.07) is 9.90. The Balaban J connectivity index is 2.39. The van der Waals surface area contributed by atoms with Crippen LogP contribution in [0.4, 0.5) is 10.5 Å². The van der Waals surface area contributed by atoms with E-state index in [1.807, 2.05) is 29.0 Å². The van der Waals surface area contributed by atoms with Crippen molar-refractivity contribution in [3.63, 3.8) is 0 Å². The SMILES string of the molecule is COc1ccc(NC(=O)NS(C)(=O)=O)c2ccccc12. The third kappa shape index (κ3) is 3.18. The van der Waals surface area contributed by atoms with Crippen molar-refractivity contribution in [2.45, 2.75) is 0 Å². The summed E-state index contributed by atoms with van der Waals surface area (Å²) in [5, 5.41) is 4.09. The first kappa shape index (κ1) is 14.1. The highest BCUT2D eigenvalue weighted by Crippen LogP contribution is 2.31. The molecular weight excluding hydrogens is 280 g/mol. The lowest BCUT2D eigenvalue weighted by Gasteiger charge is -2.11. The quantitative estimate of drug-likeness (QED) is 0.906. The maximum atomic E-state index is 11.6. The summed E-state index contributed by atoms with van der Waals surface area (Å²) < 4.78 is 29.1. The summed E-state index contributed by atoms with van der Waals surface area (Å²) >= 11 is 0. The van der Waals surface area contributed by atoms with Crippen molar-refractivity contribution in [3.8, 4) is 5.75 Å². The molecule has 0 heterocycles. The van der Waals surface area contributed by atoms with Crippen LogP contribution in [0.5, 0.6) is 5.75 Å². The molecule has 2 N–H and O–H groups in total. The largest absolute Gasteiger partial charge is 0.496 e. The second-order valence-electron chi connectivity index (χ2n) is 4.19. The van der Waals surface area contributed by atoms with Crippen LogP contribution in [0.25, 0.3) is 10.8 Å². The normalized spacial score (nSPS) is 11.1. The van der Waals surface area contributed by atoms with Gasteiger partial charge >= 0.3 is 6.03 Å². The number of methoxy groups -OCH3 is 1. The number of hydrogen-bond acceptors (Lipinski definition) is 4. The first-order valence-electron chi connectivity index (χ1n) is 5.75. The van der Waals surface area contributed by atoms with Gasteiger partial charge in [-0.3, -0.25) is 0 Å². The number of carbonyl (C=O) groups is 1. The van der Waals surface area contributed by atoms with Crippen LogP contribution in [-0.2, 0) is 10.0 Å². The molecule has 20 heavy (non-hydrogen) atoms. The summed E-state index contributed by atoms with van der Waals surface area (Å²) in [6.07, 6.45) is 0.915. The predicted octanol–water partition coefficient (Wildman–Crippen LogP) is 1.93. The van der Waals surface area contributed by atoms with E-state index in [1.54, 1.807) is 19.2 Å². The standard InChI is InChI=1S/C13H14N2O4S/c1-19-12-8-7-11(9-5-3-4-6-10(9)12)14-13(16)15-20(2,17)18/h3-8H,1-2H3,(H2,14,15,16). The summed E-state index contributed by atoms with van der Waals surface area (Å²) in [6.45, 7) is 0.